The number of halogens is 2. The van der Waals surface area contributed by atoms with Crippen LogP contribution >= 0.6 is 23.2 Å². The molecule has 2 aliphatic carbocycles. The minimum atomic E-state index is 0.179. The maximum Gasteiger partial charge on any atom is 0.134 e. The molecule has 2 atom stereocenters. The molecule has 2 saturated carbocycles. The van der Waals surface area contributed by atoms with Gasteiger partial charge in [-0.15, -0.1) is 0 Å². The number of aromatic nitrogens is 2. The molecule has 2 heterocycles. The smallest absolute Gasteiger partial charge is 0.134 e. The van der Waals surface area contributed by atoms with Crippen LogP contribution in [0.3, 0.4) is 0 Å². The van der Waals surface area contributed by atoms with Gasteiger partial charge in [-0.2, -0.15) is 0 Å². The first-order valence-corrected chi connectivity index (χ1v) is 13.1. The van der Waals surface area contributed by atoms with Crippen molar-refractivity contribution in [2.45, 2.75) is 88.9 Å². The fraction of sp³-hybridized carbons (Fsp3) is 0.593. The summed E-state index contributed by atoms with van der Waals surface area (Å²) in [5, 5.41) is 1.38. The standard InChI is InChI=1S/C27H34Cl2N2O/c28-26-17-30-13-11-22(26)24(19-7-3-1-4-8-19)15-21(32)16-25(20-9-5-2-6-10-20)23-12-14-31-18-27(23)29/h11-14,17-20,24-25H,1-10,15-16H2/t24-,25-/m0/s1. The second kappa shape index (κ2) is 11.6. The SMILES string of the molecule is O=C(C[C@H](c1ccncc1Cl)C1CCCCC1)C[C@H](c1ccncc1Cl)C1CCCCC1. The summed E-state index contributed by atoms with van der Waals surface area (Å²) in [7, 11) is 0. The van der Waals surface area contributed by atoms with Crippen molar-refractivity contribution in [3.05, 3.63) is 58.1 Å². The molecule has 2 aromatic rings. The molecular weight excluding hydrogens is 439 g/mol. The number of hydrogen-bond donors (Lipinski definition) is 0. The Kier molecular flexibility index (Phi) is 8.60. The van der Waals surface area contributed by atoms with Gasteiger partial charge in [-0.25, -0.2) is 0 Å². The van der Waals surface area contributed by atoms with Crippen LogP contribution in [-0.2, 0) is 4.79 Å². The van der Waals surface area contributed by atoms with Gasteiger partial charge in [-0.1, -0.05) is 61.7 Å². The Bertz CT molecular complexity index is 819. The first kappa shape index (κ1) is 23.7. The van der Waals surface area contributed by atoms with Gasteiger partial charge in [0.25, 0.3) is 0 Å². The minimum Gasteiger partial charge on any atom is -0.300 e. The molecule has 32 heavy (non-hydrogen) atoms. The summed E-state index contributed by atoms with van der Waals surface area (Å²) in [6, 6.07) is 4.04. The molecule has 2 fully saturated rings. The van der Waals surface area contributed by atoms with Crippen LogP contribution in [-0.4, -0.2) is 15.8 Å². The van der Waals surface area contributed by atoms with Gasteiger partial charge in [0.1, 0.15) is 5.78 Å². The van der Waals surface area contributed by atoms with Crippen LogP contribution < -0.4 is 0 Å². The average molecular weight is 473 g/mol. The number of Topliss-reactive ketones (excluding diaryl/α,β-unsaturated/α-hetero) is 1. The highest BCUT2D eigenvalue weighted by Crippen LogP contribution is 2.44. The van der Waals surface area contributed by atoms with Crippen molar-refractivity contribution < 1.29 is 4.79 Å². The highest BCUT2D eigenvalue weighted by Gasteiger charge is 2.32. The summed E-state index contributed by atoms with van der Waals surface area (Å²) in [5.74, 6) is 1.73. The summed E-state index contributed by atoms with van der Waals surface area (Å²) >= 11 is 13.1. The van der Waals surface area contributed by atoms with Crippen LogP contribution in [0.1, 0.15) is 100 Å². The molecule has 0 saturated heterocycles. The number of hydrogen-bond acceptors (Lipinski definition) is 3. The van der Waals surface area contributed by atoms with Crippen molar-refractivity contribution in [3.8, 4) is 0 Å². The molecule has 3 nitrogen and oxygen atoms in total. The monoisotopic (exact) mass is 472 g/mol. The van der Waals surface area contributed by atoms with Gasteiger partial charge < -0.3 is 0 Å². The number of ketones is 1. The first-order chi connectivity index (χ1) is 15.6. The first-order valence-electron chi connectivity index (χ1n) is 12.3. The van der Waals surface area contributed by atoms with Crippen LogP contribution in [0, 0.1) is 11.8 Å². The number of pyridine rings is 2. The van der Waals surface area contributed by atoms with Crippen LogP contribution in [0.25, 0.3) is 0 Å². The van der Waals surface area contributed by atoms with E-state index < -0.39 is 0 Å². The fourth-order valence-corrected chi connectivity index (χ4v) is 6.60. The zero-order valence-corrected chi connectivity index (χ0v) is 20.3. The zero-order chi connectivity index (χ0) is 22.3. The molecule has 2 aromatic heterocycles. The van der Waals surface area contributed by atoms with E-state index in [4.69, 9.17) is 23.2 Å². The largest absolute Gasteiger partial charge is 0.300 e. The van der Waals surface area contributed by atoms with E-state index in [9.17, 15) is 4.79 Å². The van der Waals surface area contributed by atoms with E-state index in [2.05, 4.69) is 9.97 Å². The third-order valence-electron chi connectivity index (χ3n) is 7.74. The normalized spacial score (nSPS) is 20.1. The number of carbonyl (C=O) groups is 1. The van der Waals surface area contributed by atoms with E-state index in [1.165, 1.54) is 64.2 Å². The molecule has 0 aliphatic heterocycles. The fourth-order valence-electron chi connectivity index (χ4n) is 6.08. The van der Waals surface area contributed by atoms with E-state index in [-0.39, 0.29) is 11.8 Å². The summed E-state index contributed by atoms with van der Waals surface area (Å²) < 4.78 is 0. The molecule has 0 aromatic carbocycles. The van der Waals surface area contributed by atoms with Crippen LogP contribution in [0.2, 0.25) is 10.0 Å². The lowest BCUT2D eigenvalue weighted by molar-refractivity contribution is -0.120. The van der Waals surface area contributed by atoms with Crippen molar-refractivity contribution >= 4 is 29.0 Å². The Hall–Kier alpha value is -1.45. The Labute approximate surface area is 202 Å². The lowest BCUT2D eigenvalue weighted by atomic mass is 9.72. The minimum absolute atomic E-state index is 0.179. The van der Waals surface area contributed by atoms with E-state index >= 15 is 0 Å². The number of nitrogens with zero attached hydrogens (tertiary/aromatic N) is 2. The second-order valence-corrected chi connectivity index (χ2v) is 10.6. The summed E-state index contributed by atoms with van der Waals surface area (Å²) in [6.45, 7) is 0. The van der Waals surface area contributed by atoms with Gasteiger partial charge in [-0.3, -0.25) is 14.8 Å². The van der Waals surface area contributed by atoms with Gasteiger partial charge in [0, 0.05) is 37.6 Å². The average Bonchev–Trinajstić information content (AvgIpc) is 2.83. The van der Waals surface area contributed by atoms with E-state index in [0.29, 0.717) is 40.5 Å². The number of carbonyl (C=O) groups excluding carboxylic acids is 1. The van der Waals surface area contributed by atoms with E-state index in [1.54, 1.807) is 12.4 Å². The second-order valence-electron chi connectivity index (χ2n) is 9.75. The quantitative estimate of drug-likeness (QED) is 0.388. The van der Waals surface area contributed by atoms with E-state index in [0.717, 1.165) is 11.1 Å². The topological polar surface area (TPSA) is 42.9 Å². The third kappa shape index (κ3) is 5.91. The van der Waals surface area contributed by atoms with Gasteiger partial charge in [0.15, 0.2) is 0 Å². The van der Waals surface area contributed by atoms with Crippen molar-refractivity contribution in [1.29, 1.82) is 0 Å². The van der Waals surface area contributed by atoms with Crippen molar-refractivity contribution in [1.82, 2.24) is 9.97 Å². The Balaban J connectivity index is 1.55. The summed E-state index contributed by atoms with van der Waals surface area (Å²) in [5.41, 5.74) is 2.19. The molecule has 5 heteroatoms. The summed E-state index contributed by atoms with van der Waals surface area (Å²) in [4.78, 5) is 21.9. The Morgan fingerprint density at radius 3 is 1.53 bits per heavy atom. The highest BCUT2D eigenvalue weighted by atomic mass is 35.5. The molecule has 0 bridgehead atoms. The molecule has 0 amide bonds. The maximum atomic E-state index is 13.6. The third-order valence-corrected chi connectivity index (χ3v) is 8.37. The molecule has 172 valence electrons. The van der Waals surface area contributed by atoms with Crippen LogP contribution in [0.15, 0.2) is 36.9 Å². The van der Waals surface area contributed by atoms with Crippen molar-refractivity contribution in [2.75, 3.05) is 0 Å². The van der Waals surface area contributed by atoms with Crippen molar-refractivity contribution in [2.24, 2.45) is 11.8 Å². The van der Waals surface area contributed by atoms with Gasteiger partial charge in [0.2, 0.25) is 0 Å². The zero-order valence-electron chi connectivity index (χ0n) is 18.8. The number of rotatable bonds is 8. The molecule has 2 aliphatic rings. The van der Waals surface area contributed by atoms with Crippen molar-refractivity contribution in [3.63, 3.8) is 0 Å². The van der Waals surface area contributed by atoms with Gasteiger partial charge in [0.05, 0.1) is 10.0 Å². The molecule has 0 unspecified atom stereocenters. The van der Waals surface area contributed by atoms with Gasteiger partial charge >= 0.3 is 0 Å². The Morgan fingerprint density at radius 2 is 1.16 bits per heavy atom. The molecule has 0 N–H and O–H groups in total. The Morgan fingerprint density at radius 1 is 0.750 bits per heavy atom. The van der Waals surface area contributed by atoms with Gasteiger partial charge in [-0.05, 0) is 72.6 Å². The van der Waals surface area contributed by atoms with E-state index in [1.807, 2.05) is 24.5 Å². The predicted molar refractivity (Wildman–Crippen MR) is 131 cm³/mol. The molecular formula is C27H34Cl2N2O. The van der Waals surface area contributed by atoms with Crippen LogP contribution in [0.4, 0.5) is 0 Å². The summed E-state index contributed by atoms with van der Waals surface area (Å²) in [6.07, 6.45) is 20.5. The van der Waals surface area contributed by atoms with Crippen LogP contribution in [0.5, 0.6) is 0 Å². The lowest BCUT2D eigenvalue weighted by Crippen LogP contribution is -2.23. The highest BCUT2D eigenvalue weighted by molar-refractivity contribution is 6.31. The molecule has 0 spiro atoms. The molecule has 0 radical (unpaired) electrons. The lowest BCUT2D eigenvalue weighted by Gasteiger charge is -2.33. The molecule has 4 rings (SSSR count). The maximum absolute atomic E-state index is 13.6. The predicted octanol–water partition coefficient (Wildman–Crippen LogP) is 8.16.